The number of carbonyl (C=O) groups excluding carboxylic acids is 1. The van der Waals surface area contributed by atoms with Crippen LogP contribution >= 0.6 is 11.3 Å². The SMILES string of the molecule is O=C(NS(=O)(=O)c1ccc(NCC2CCOCC2)c([N+](=O)[O-])c1)c1ccc(N2CCN(Cc3ccccc3-c3ccc(CN4C5CCCC4CC5)s3)CC2)cc1. The molecule has 1 amide bonds. The van der Waals surface area contributed by atoms with E-state index in [1.54, 1.807) is 12.1 Å². The summed E-state index contributed by atoms with van der Waals surface area (Å²) in [7, 11) is -4.37. The van der Waals surface area contributed by atoms with Gasteiger partial charge in [-0.15, -0.1) is 11.3 Å². The molecule has 56 heavy (non-hydrogen) atoms. The fourth-order valence-corrected chi connectivity index (χ4v) is 10.9. The molecule has 4 fully saturated rings. The molecule has 4 aromatic rings. The molecule has 8 rings (SSSR count). The number of nitro benzene ring substituents is 1. The molecule has 14 heteroatoms. The zero-order valence-corrected chi connectivity index (χ0v) is 33.2. The van der Waals surface area contributed by atoms with E-state index in [4.69, 9.17) is 4.74 Å². The summed E-state index contributed by atoms with van der Waals surface area (Å²) in [5.41, 5.74) is 3.65. The van der Waals surface area contributed by atoms with Crippen LogP contribution in [0.3, 0.4) is 0 Å². The summed E-state index contributed by atoms with van der Waals surface area (Å²) >= 11 is 1.94. The van der Waals surface area contributed by atoms with Crippen LogP contribution in [-0.2, 0) is 27.8 Å². The first-order valence-electron chi connectivity index (χ1n) is 19.9. The van der Waals surface area contributed by atoms with E-state index in [1.165, 1.54) is 65.1 Å². The van der Waals surface area contributed by atoms with E-state index < -0.39 is 20.9 Å². The van der Waals surface area contributed by atoms with Gasteiger partial charge in [0, 0.05) is 98.2 Å². The number of piperazine rings is 1. The second-order valence-corrected chi connectivity index (χ2v) is 18.4. The highest BCUT2D eigenvalue weighted by Gasteiger charge is 2.36. The molecule has 2 unspecified atom stereocenters. The lowest BCUT2D eigenvalue weighted by Crippen LogP contribution is -2.46. The molecule has 0 radical (unpaired) electrons. The van der Waals surface area contributed by atoms with Crippen LogP contribution in [0.15, 0.2) is 83.8 Å². The fourth-order valence-electron chi connectivity index (χ4n) is 8.82. The van der Waals surface area contributed by atoms with Gasteiger partial charge in [-0.25, -0.2) is 13.1 Å². The van der Waals surface area contributed by atoms with E-state index in [1.807, 2.05) is 23.5 Å². The van der Waals surface area contributed by atoms with Gasteiger partial charge in [0.05, 0.1) is 9.82 Å². The van der Waals surface area contributed by atoms with Crippen molar-refractivity contribution >= 4 is 44.3 Å². The van der Waals surface area contributed by atoms with E-state index in [-0.39, 0.29) is 21.8 Å². The van der Waals surface area contributed by atoms with Crippen LogP contribution in [0.4, 0.5) is 17.1 Å². The van der Waals surface area contributed by atoms with Gasteiger partial charge in [0.25, 0.3) is 21.6 Å². The number of hydrogen-bond donors (Lipinski definition) is 2. The summed E-state index contributed by atoms with van der Waals surface area (Å²) in [5, 5.41) is 14.9. The second kappa shape index (κ2) is 17.0. The number of piperidine rings is 1. The van der Waals surface area contributed by atoms with E-state index in [0.717, 1.165) is 75.9 Å². The molecular formula is C42H50N6O6S2. The number of anilines is 2. The van der Waals surface area contributed by atoms with Crippen LogP contribution in [0.5, 0.6) is 0 Å². The summed E-state index contributed by atoms with van der Waals surface area (Å²) in [5.74, 6) is -0.495. The average molecular weight is 799 g/mol. The number of sulfonamides is 1. The average Bonchev–Trinajstić information content (AvgIpc) is 3.76. The molecule has 0 spiro atoms. The molecule has 296 valence electrons. The number of rotatable bonds is 13. The normalized spacial score (nSPS) is 20.9. The molecule has 2 atom stereocenters. The number of hydrogen-bond acceptors (Lipinski definition) is 11. The zero-order chi connectivity index (χ0) is 38.6. The largest absolute Gasteiger partial charge is 0.381 e. The molecule has 12 nitrogen and oxygen atoms in total. The molecule has 0 aliphatic carbocycles. The Morgan fingerprint density at radius 2 is 1.59 bits per heavy atom. The lowest BCUT2D eigenvalue weighted by Gasteiger charge is -2.36. The predicted molar refractivity (Wildman–Crippen MR) is 220 cm³/mol. The number of fused-ring (bicyclic) bond motifs is 2. The fraction of sp³-hybridized carbons (Fsp3) is 0.452. The molecule has 2 bridgehead atoms. The van der Waals surface area contributed by atoms with Gasteiger partial charge in [0.15, 0.2) is 0 Å². The lowest BCUT2D eigenvalue weighted by molar-refractivity contribution is -0.384. The maximum Gasteiger partial charge on any atom is 0.293 e. The molecule has 4 saturated heterocycles. The lowest BCUT2D eigenvalue weighted by atomic mass is 10.0. The van der Waals surface area contributed by atoms with Crippen molar-refractivity contribution in [3.8, 4) is 10.4 Å². The summed E-state index contributed by atoms with van der Waals surface area (Å²) < 4.78 is 33.8. The van der Waals surface area contributed by atoms with Crippen molar-refractivity contribution in [2.24, 2.45) is 5.92 Å². The van der Waals surface area contributed by atoms with Crippen molar-refractivity contribution in [3.63, 3.8) is 0 Å². The van der Waals surface area contributed by atoms with Gasteiger partial charge >= 0.3 is 0 Å². The summed E-state index contributed by atoms with van der Waals surface area (Å²) in [6.45, 7) is 7.19. The Morgan fingerprint density at radius 3 is 2.32 bits per heavy atom. The molecule has 1 aromatic heterocycles. The highest BCUT2D eigenvalue weighted by Crippen LogP contribution is 2.39. The Hall–Kier alpha value is -4.34. The molecule has 4 aliphatic heterocycles. The topological polar surface area (TPSA) is 137 Å². The minimum absolute atomic E-state index is 0.178. The van der Waals surface area contributed by atoms with Crippen molar-refractivity contribution in [2.45, 2.75) is 75.0 Å². The second-order valence-electron chi connectivity index (χ2n) is 15.5. The smallest absolute Gasteiger partial charge is 0.293 e. The number of nitrogens with one attached hydrogen (secondary N) is 2. The van der Waals surface area contributed by atoms with Crippen LogP contribution in [-0.4, -0.2) is 87.1 Å². The third-order valence-electron chi connectivity index (χ3n) is 12.0. The van der Waals surface area contributed by atoms with E-state index in [9.17, 15) is 23.3 Å². The van der Waals surface area contributed by atoms with Crippen LogP contribution in [0, 0.1) is 16.0 Å². The van der Waals surface area contributed by atoms with Gasteiger partial charge in [-0.05, 0) is 104 Å². The van der Waals surface area contributed by atoms with Crippen LogP contribution in [0.2, 0.25) is 0 Å². The van der Waals surface area contributed by atoms with Crippen molar-refractivity contribution in [1.82, 2.24) is 14.5 Å². The maximum atomic E-state index is 13.2. The monoisotopic (exact) mass is 798 g/mol. The number of ether oxygens (including phenoxy) is 1. The van der Waals surface area contributed by atoms with Gasteiger partial charge in [-0.3, -0.25) is 24.7 Å². The van der Waals surface area contributed by atoms with Crippen molar-refractivity contribution in [1.29, 1.82) is 0 Å². The highest BCUT2D eigenvalue weighted by molar-refractivity contribution is 7.90. The van der Waals surface area contributed by atoms with Crippen LogP contribution in [0.1, 0.15) is 65.7 Å². The van der Waals surface area contributed by atoms with Crippen molar-refractivity contribution in [3.05, 3.63) is 105 Å². The number of nitro groups is 1. The third kappa shape index (κ3) is 8.79. The van der Waals surface area contributed by atoms with E-state index >= 15 is 0 Å². The first-order valence-corrected chi connectivity index (χ1v) is 22.2. The maximum absolute atomic E-state index is 13.2. The number of nitrogens with zero attached hydrogens (tertiary/aromatic N) is 4. The van der Waals surface area contributed by atoms with Gasteiger partial charge in [-0.1, -0.05) is 30.7 Å². The van der Waals surface area contributed by atoms with E-state index in [2.05, 4.69) is 61.1 Å². The number of thiophene rings is 1. The molecule has 0 saturated carbocycles. The van der Waals surface area contributed by atoms with Gasteiger partial charge in [-0.2, -0.15) is 0 Å². The first kappa shape index (κ1) is 38.5. The Labute approximate surface area is 333 Å². The number of benzene rings is 3. The van der Waals surface area contributed by atoms with Crippen LogP contribution < -0.4 is 14.9 Å². The van der Waals surface area contributed by atoms with Crippen molar-refractivity contribution < 1.29 is 22.9 Å². The Morgan fingerprint density at radius 1 is 0.857 bits per heavy atom. The third-order valence-corrected chi connectivity index (χ3v) is 14.4. The Kier molecular flexibility index (Phi) is 11.7. The summed E-state index contributed by atoms with van der Waals surface area (Å²) in [6.07, 6.45) is 8.50. The Bertz CT molecular complexity index is 2110. The highest BCUT2D eigenvalue weighted by atomic mass is 32.2. The number of amides is 1. The van der Waals surface area contributed by atoms with Gasteiger partial charge in [0.2, 0.25) is 0 Å². The van der Waals surface area contributed by atoms with Gasteiger partial charge in [0.1, 0.15) is 5.69 Å². The van der Waals surface area contributed by atoms with Crippen molar-refractivity contribution in [2.75, 3.05) is 56.2 Å². The van der Waals surface area contributed by atoms with Crippen LogP contribution in [0.25, 0.3) is 10.4 Å². The summed E-state index contributed by atoms with van der Waals surface area (Å²) in [6, 6.07) is 25.5. The minimum Gasteiger partial charge on any atom is -0.381 e. The zero-order valence-electron chi connectivity index (χ0n) is 31.6. The predicted octanol–water partition coefficient (Wildman–Crippen LogP) is 7.12. The molecule has 3 aromatic carbocycles. The first-order chi connectivity index (χ1) is 27.2. The standard InChI is InChI=1S/C42H50N6O6S2/c49-42(44-56(52,53)37-15-16-39(40(26-37)48(50)51)43-27-30-18-24-54-25-19-30)31-8-10-33(11-9-31)46-22-20-45(21-23-46)28-32-4-1-2-7-38(32)41-17-14-36(55-41)29-47-34-5-3-6-35(47)13-12-34/h1-2,4,7-11,14-17,26,30,34-35,43H,3,5-6,12-13,18-25,27-29H2,(H,44,49). The summed E-state index contributed by atoms with van der Waals surface area (Å²) in [4.78, 5) is 34.3. The molecule has 5 heterocycles. The molecule has 2 N–H and O–H groups in total. The molecule has 4 aliphatic rings. The minimum atomic E-state index is -4.37. The number of carbonyl (C=O) groups is 1. The molecular weight excluding hydrogens is 749 g/mol. The van der Waals surface area contributed by atoms with E-state index in [0.29, 0.717) is 25.7 Å². The quantitative estimate of drug-likeness (QED) is 0.106. The van der Waals surface area contributed by atoms with Gasteiger partial charge < -0.3 is 15.0 Å². The Balaban J connectivity index is 0.844.